The third kappa shape index (κ3) is 4.22. The van der Waals surface area contributed by atoms with Gasteiger partial charge < -0.3 is 15.2 Å². The fourth-order valence-corrected chi connectivity index (χ4v) is 5.23. The third-order valence-corrected chi connectivity index (χ3v) is 7.00. The van der Waals surface area contributed by atoms with Crippen molar-refractivity contribution < 1.29 is 9.59 Å². The van der Waals surface area contributed by atoms with Crippen molar-refractivity contribution in [1.29, 1.82) is 0 Å². The molecule has 1 aromatic heterocycles. The Morgan fingerprint density at radius 3 is 2.61 bits per heavy atom. The maximum atomic E-state index is 13.4. The number of amides is 2. The van der Waals surface area contributed by atoms with Gasteiger partial charge in [0.2, 0.25) is 11.8 Å². The number of unbranched alkanes of at least 4 members (excludes halogenated alkanes) is 1. The molecule has 0 bridgehead atoms. The SMILES string of the molecule is CCCCN1C(=O)C(CC(C)C)NC(=O)C12CCN(Cc1c[nH]c3ccccc13)CC2. The summed E-state index contributed by atoms with van der Waals surface area (Å²) < 4.78 is 0. The molecule has 4 rings (SSSR count). The van der Waals surface area contributed by atoms with Crippen LogP contribution in [0.15, 0.2) is 30.5 Å². The highest BCUT2D eigenvalue weighted by Crippen LogP contribution is 2.35. The number of likely N-dealkylation sites (tertiary alicyclic amines) is 1. The first kappa shape index (κ1) is 21.9. The van der Waals surface area contributed by atoms with Crippen molar-refractivity contribution in [2.24, 2.45) is 5.92 Å². The largest absolute Gasteiger partial charge is 0.361 e. The van der Waals surface area contributed by atoms with E-state index in [1.165, 1.54) is 10.9 Å². The van der Waals surface area contributed by atoms with Crippen molar-refractivity contribution in [1.82, 2.24) is 20.1 Å². The summed E-state index contributed by atoms with van der Waals surface area (Å²) in [4.78, 5) is 34.4. The number of H-pyrrole nitrogens is 1. The molecule has 2 aromatic rings. The Labute approximate surface area is 185 Å². The maximum Gasteiger partial charge on any atom is 0.246 e. The first-order valence-corrected chi connectivity index (χ1v) is 11.8. The lowest BCUT2D eigenvalue weighted by Crippen LogP contribution is -2.73. The Morgan fingerprint density at radius 2 is 1.90 bits per heavy atom. The zero-order valence-corrected chi connectivity index (χ0v) is 19.1. The van der Waals surface area contributed by atoms with Gasteiger partial charge in [0.25, 0.3) is 0 Å². The van der Waals surface area contributed by atoms with Crippen LogP contribution in [0.2, 0.25) is 0 Å². The van der Waals surface area contributed by atoms with E-state index in [1.54, 1.807) is 0 Å². The van der Waals surface area contributed by atoms with E-state index in [0.29, 0.717) is 31.7 Å². The second kappa shape index (κ2) is 9.03. The Hall–Kier alpha value is -2.34. The lowest BCUT2D eigenvalue weighted by atomic mass is 9.80. The van der Waals surface area contributed by atoms with Crippen LogP contribution in [0, 0.1) is 5.92 Å². The zero-order chi connectivity index (χ0) is 22.0. The molecule has 6 nitrogen and oxygen atoms in total. The molecule has 3 heterocycles. The quantitative estimate of drug-likeness (QED) is 0.713. The summed E-state index contributed by atoms with van der Waals surface area (Å²) >= 11 is 0. The van der Waals surface area contributed by atoms with Gasteiger partial charge in [-0.15, -0.1) is 0 Å². The van der Waals surface area contributed by atoms with Crippen molar-refractivity contribution in [3.8, 4) is 0 Å². The fraction of sp³-hybridized carbons (Fsp3) is 0.600. The molecular weight excluding hydrogens is 388 g/mol. The Bertz CT molecular complexity index is 926. The summed E-state index contributed by atoms with van der Waals surface area (Å²) in [6, 6.07) is 7.99. The standard InChI is InChI=1S/C25H36N4O2/c1-4-5-12-29-23(30)22(15-18(2)3)27-24(31)25(29)10-13-28(14-11-25)17-19-16-26-21-9-7-6-8-20(19)21/h6-9,16,18,22,26H,4-5,10-15,17H2,1-3H3,(H,27,31). The number of benzene rings is 1. The number of aromatic nitrogens is 1. The molecule has 0 aliphatic carbocycles. The predicted molar refractivity (Wildman–Crippen MR) is 124 cm³/mol. The summed E-state index contributed by atoms with van der Waals surface area (Å²) in [5.41, 5.74) is 1.76. The van der Waals surface area contributed by atoms with Gasteiger partial charge in [-0.05, 0) is 43.2 Å². The lowest BCUT2D eigenvalue weighted by Gasteiger charge is -2.52. The molecule has 1 spiro atoms. The molecule has 2 amide bonds. The van der Waals surface area contributed by atoms with E-state index < -0.39 is 5.54 Å². The van der Waals surface area contributed by atoms with Gasteiger partial charge >= 0.3 is 0 Å². The van der Waals surface area contributed by atoms with Gasteiger partial charge in [0.1, 0.15) is 11.6 Å². The van der Waals surface area contributed by atoms with Crippen molar-refractivity contribution in [2.45, 2.75) is 71.0 Å². The van der Waals surface area contributed by atoms with Gasteiger partial charge in [0.05, 0.1) is 0 Å². The number of aromatic amines is 1. The van der Waals surface area contributed by atoms with Gasteiger partial charge in [-0.3, -0.25) is 14.5 Å². The number of carbonyl (C=O) groups is 2. The molecule has 168 valence electrons. The Morgan fingerprint density at radius 1 is 1.16 bits per heavy atom. The van der Waals surface area contributed by atoms with Gasteiger partial charge in [-0.25, -0.2) is 0 Å². The van der Waals surface area contributed by atoms with Crippen LogP contribution in [0.3, 0.4) is 0 Å². The molecule has 2 aliphatic rings. The van der Waals surface area contributed by atoms with Crippen LogP contribution in [-0.4, -0.2) is 57.8 Å². The summed E-state index contributed by atoms with van der Waals surface area (Å²) in [5.74, 6) is 0.543. The molecule has 1 unspecified atom stereocenters. The molecule has 6 heteroatoms. The monoisotopic (exact) mass is 424 g/mol. The van der Waals surface area contributed by atoms with Crippen LogP contribution in [0.4, 0.5) is 0 Å². The smallest absolute Gasteiger partial charge is 0.246 e. The van der Waals surface area contributed by atoms with Crippen molar-refractivity contribution in [3.63, 3.8) is 0 Å². The van der Waals surface area contributed by atoms with E-state index in [4.69, 9.17) is 0 Å². The molecule has 1 atom stereocenters. The van der Waals surface area contributed by atoms with Gasteiger partial charge in [-0.2, -0.15) is 0 Å². The number of piperazine rings is 1. The fourth-order valence-electron chi connectivity index (χ4n) is 5.23. The predicted octanol–water partition coefficient (Wildman–Crippen LogP) is 3.68. The summed E-state index contributed by atoms with van der Waals surface area (Å²) in [7, 11) is 0. The summed E-state index contributed by atoms with van der Waals surface area (Å²) in [6.07, 6.45) is 6.15. The van der Waals surface area contributed by atoms with Crippen molar-refractivity contribution >= 4 is 22.7 Å². The van der Waals surface area contributed by atoms with Crippen LogP contribution in [0.1, 0.15) is 58.4 Å². The molecule has 0 radical (unpaired) electrons. The van der Waals surface area contributed by atoms with Crippen molar-refractivity contribution in [3.05, 3.63) is 36.0 Å². The molecule has 0 saturated carbocycles. The minimum atomic E-state index is -0.684. The number of nitrogens with zero attached hydrogens (tertiary/aromatic N) is 2. The first-order chi connectivity index (χ1) is 14.9. The first-order valence-electron chi connectivity index (χ1n) is 11.8. The Kier molecular flexibility index (Phi) is 6.37. The second-order valence-electron chi connectivity index (χ2n) is 9.67. The van der Waals surface area contributed by atoms with E-state index in [2.05, 4.69) is 60.4 Å². The van der Waals surface area contributed by atoms with E-state index in [9.17, 15) is 9.59 Å². The number of nitrogens with one attached hydrogen (secondary N) is 2. The van der Waals surface area contributed by atoms with Crippen LogP contribution in [0.5, 0.6) is 0 Å². The molecule has 2 N–H and O–H groups in total. The second-order valence-corrected chi connectivity index (χ2v) is 9.67. The summed E-state index contributed by atoms with van der Waals surface area (Å²) in [5, 5.41) is 4.35. The number of fused-ring (bicyclic) bond motifs is 1. The number of carbonyl (C=O) groups excluding carboxylic acids is 2. The summed E-state index contributed by atoms with van der Waals surface area (Å²) in [6.45, 7) is 9.51. The minimum Gasteiger partial charge on any atom is -0.361 e. The Balaban J connectivity index is 1.49. The van der Waals surface area contributed by atoms with Crippen LogP contribution >= 0.6 is 0 Å². The molecule has 2 fully saturated rings. The van der Waals surface area contributed by atoms with Gasteiger partial charge in [-0.1, -0.05) is 45.4 Å². The normalized spacial score (nSPS) is 21.9. The van der Waals surface area contributed by atoms with Crippen LogP contribution in [-0.2, 0) is 16.1 Å². The number of piperidine rings is 1. The number of rotatable bonds is 7. The van der Waals surface area contributed by atoms with Gasteiger partial charge in [0.15, 0.2) is 0 Å². The minimum absolute atomic E-state index is 0.0561. The third-order valence-electron chi connectivity index (χ3n) is 7.00. The zero-order valence-electron chi connectivity index (χ0n) is 19.1. The van der Waals surface area contributed by atoms with Crippen LogP contribution in [0.25, 0.3) is 10.9 Å². The lowest BCUT2D eigenvalue weighted by molar-refractivity contribution is -0.161. The highest BCUT2D eigenvalue weighted by atomic mass is 16.2. The molecule has 2 saturated heterocycles. The maximum absolute atomic E-state index is 13.4. The molecule has 2 aliphatic heterocycles. The number of para-hydroxylation sites is 1. The molecule has 1 aromatic carbocycles. The number of hydrogen-bond acceptors (Lipinski definition) is 3. The van der Waals surface area contributed by atoms with E-state index >= 15 is 0 Å². The van der Waals surface area contributed by atoms with E-state index in [-0.39, 0.29) is 17.9 Å². The number of hydrogen-bond donors (Lipinski definition) is 2. The highest BCUT2D eigenvalue weighted by Gasteiger charge is 2.53. The average molecular weight is 425 g/mol. The van der Waals surface area contributed by atoms with Crippen LogP contribution < -0.4 is 5.32 Å². The highest BCUT2D eigenvalue weighted by molar-refractivity contribution is 6.00. The molecular formula is C25H36N4O2. The van der Waals surface area contributed by atoms with Gasteiger partial charge in [0, 0.05) is 43.3 Å². The molecule has 31 heavy (non-hydrogen) atoms. The van der Waals surface area contributed by atoms with E-state index in [1.807, 2.05) is 11.0 Å². The topological polar surface area (TPSA) is 68.4 Å². The van der Waals surface area contributed by atoms with E-state index in [0.717, 1.165) is 38.0 Å². The average Bonchev–Trinajstić information content (AvgIpc) is 3.16. The van der Waals surface area contributed by atoms with Crippen molar-refractivity contribution in [2.75, 3.05) is 19.6 Å².